The van der Waals surface area contributed by atoms with Gasteiger partial charge in [0, 0.05) is 36.2 Å². The van der Waals surface area contributed by atoms with Gasteiger partial charge in [0.05, 0.1) is 10.8 Å². The quantitative estimate of drug-likeness (QED) is 0.619. The highest BCUT2D eigenvalue weighted by Crippen LogP contribution is 2.24. The molecule has 1 fully saturated rings. The van der Waals surface area contributed by atoms with Crippen molar-refractivity contribution in [1.29, 1.82) is 0 Å². The first-order valence-corrected chi connectivity index (χ1v) is 12.6. The van der Waals surface area contributed by atoms with Crippen LogP contribution in [0.3, 0.4) is 0 Å². The van der Waals surface area contributed by atoms with E-state index >= 15 is 0 Å². The van der Waals surface area contributed by atoms with Crippen molar-refractivity contribution in [2.24, 2.45) is 5.92 Å². The summed E-state index contributed by atoms with van der Waals surface area (Å²) in [6.07, 6.45) is 1.40. The number of sulfonamides is 1. The molecule has 1 amide bonds. The van der Waals surface area contributed by atoms with Gasteiger partial charge in [-0.1, -0.05) is 41.9 Å². The van der Waals surface area contributed by atoms with Crippen LogP contribution in [0.2, 0.25) is 5.02 Å². The number of nitrogens with one attached hydrogen (secondary N) is 1. The van der Waals surface area contributed by atoms with E-state index in [1.165, 1.54) is 4.31 Å². The summed E-state index contributed by atoms with van der Waals surface area (Å²) in [4.78, 5) is 12.8. The zero-order chi connectivity index (χ0) is 20.7. The van der Waals surface area contributed by atoms with Crippen molar-refractivity contribution in [3.05, 3.63) is 65.2 Å². The average Bonchev–Trinajstić information content (AvgIpc) is 2.74. The molecule has 0 aromatic heterocycles. The fourth-order valence-corrected chi connectivity index (χ4v) is 5.89. The minimum absolute atomic E-state index is 0.0682. The third-order valence-corrected chi connectivity index (χ3v) is 7.98. The molecule has 5 nitrogen and oxygen atoms in total. The summed E-state index contributed by atoms with van der Waals surface area (Å²) in [5.41, 5.74) is 1.16. The molecule has 1 aliphatic rings. The maximum Gasteiger partial charge on any atom is 0.243 e. The lowest BCUT2D eigenvalue weighted by molar-refractivity contribution is -0.125. The number of halogens is 1. The summed E-state index contributed by atoms with van der Waals surface area (Å²) < 4.78 is 27.0. The van der Waals surface area contributed by atoms with Gasteiger partial charge in [-0.15, -0.1) is 0 Å². The number of carbonyl (C=O) groups is 1. The summed E-state index contributed by atoms with van der Waals surface area (Å²) >= 11 is 7.71. The predicted octanol–water partition coefficient (Wildman–Crippen LogP) is 3.79. The molecule has 1 N–H and O–H groups in total. The molecule has 2 aromatic rings. The second kappa shape index (κ2) is 10.5. The second-order valence-corrected chi connectivity index (χ2v) is 10.5. The average molecular weight is 453 g/mol. The maximum atomic E-state index is 12.8. The Kier molecular flexibility index (Phi) is 8.00. The Hall–Kier alpha value is -1.54. The van der Waals surface area contributed by atoms with Crippen LogP contribution in [0.5, 0.6) is 0 Å². The molecule has 1 atom stereocenters. The van der Waals surface area contributed by atoms with Crippen LogP contribution in [0.1, 0.15) is 18.4 Å². The highest BCUT2D eigenvalue weighted by atomic mass is 35.5. The summed E-state index contributed by atoms with van der Waals surface area (Å²) in [5.74, 6) is 1.25. The molecule has 29 heavy (non-hydrogen) atoms. The van der Waals surface area contributed by atoms with Crippen LogP contribution in [0.4, 0.5) is 0 Å². The Morgan fingerprint density at radius 1 is 1.17 bits per heavy atom. The first kappa shape index (κ1) is 22.2. The minimum Gasteiger partial charge on any atom is -0.355 e. The van der Waals surface area contributed by atoms with Crippen molar-refractivity contribution in [2.75, 3.05) is 25.4 Å². The molecule has 0 spiro atoms. The zero-order valence-corrected chi connectivity index (χ0v) is 18.5. The lowest BCUT2D eigenvalue weighted by Crippen LogP contribution is -2.45. The van der Waals surface area contributed by atoms with Crippen LogP contribution in [-0.2, 0) is 20.6 Å². The predicted molar refractivity (Wildman–Crippen MR) is 119 cm³/mol. The minimum atomic E-state index is -3.55. The molecule has 2 aromatic carbocycles. The number of piperidine rings is 1. The standard InChI is InChI=1S/C21H25ClN2O3S2/c22-19-8-4-6-17(14-19)16-28-13-11-23-21(25)18-7-5-12-24(15-18)29(26,27)20-9-2-1-3-10-20/h1-4,6,8-10,14,18H,5,7,11-13,15-16H2,(H,23,25)/t18-/m0/s1. The van der Waals surface area contributed by atoms with Crippen molar-refractivity contribution in [3.8, 4) is 0 Å². The normalized spacial score (nSPS) is 17.8. The lowest BCUT2D eigenvalue weighted by Gasteiger charge is -2.31. The van der Waals surface area contributed by atoms with Crippen molar-refractivity contribution in [1.82, 2.24) is 9.62 Å². The van der Waals surface area contributed by atoms with Crippen LogP contribution in [-0.4, -0.2) is 44.0 Å². The van der Waals surface area contributed by atoms with Crippen LogP contribution >= 0.6 is 23.4 Å². The van der Waals surface area contributed by atoms with E-state index in [-0.39, 0.29) is 23.3 Å². The lowest BCUT2D eigenvalue weighted by atomic mass is 9.99. The summed E-state index contributed by atoms with van der Waals surface area (Å²) in [7, 11) is -3.55. The van der Waals surface area contributed by atoms with E-state index in [2.05, 4.69) is 5.32 Å². The van der Waals surface area contributed by atoms with E-state index in [0.717, 1.165) is 22.1 Å². The molecule has 156 valence electrons. The highest BCUT2D eigenvalue weighted by molar-refractivity contribution is 7.98. The molecule has 8 heteroatoms. The van der Waals surface area contributed by atoms with Gasteiger partial charge in [-0.05, 0) is 42.7 Å². The first-order valence-electron chi connectivity index (χ1n) is 9.62. The molecule has 0 radical (unpaired) electrons. The SMILES string of the molecule is O=C(NCCSCc1cccc(Cl)c1)[C@H]1CCCN(S(=O)(=O)c2ccccc2)C1. The van der Waals surface area contributed by atoms with Gasteiger partial charge < -0.3 is 5.32 Å². The number of nitrogens with zero attached hydrogens (tertiary/aromatic N) is 1. The Balaban J connectivity index is 1.45. The third-order valence-electron chi connectivity index (χ3n) is 4.84. The van der Waals surface area contributed by atoms with Crippen molar-refractivity contribution >= 4 is 39.3 Å². The third kappa shape index (κ3) is 6.22. The van der Waals surface area contributed by atoms with Gasteiger partial charge in [-0.3, -0.25) is 4.79 Å². The van der Waals surface area contributed by atoms with Crippen LogP contribution in [0.25, 0.3) is 0 Å². The zero-order valence-electron chi connectivity index (χ0n) is 16.1. The highest BCUT2D eigenvalue weighted by Gasteiger charge is 2.33. The van der Waals surface area contributed by atoms with Gasteiger partial charge in [-0.25, -0.2) is 8.42 Å². The number of hydrogen-bond donors (Lipinski definition) is 1. The number of benzene rings is 2. The molecule has 1 heterocycles. The van der Waals surface area contributed by atoms with Gasteiger partial charge in [-0.2, -0.15) is 16.1 Å². The molecule has 1 aliphatic heterocycles. The number of thioether (sulfide) groups is 1. The van der Waals surface area contributed by atoms with E-state index in [1.807, 2.05) is 24.3 Å². The Morgan fingerprint density at radius 3 is 2.72 bits per heavy atom. The van der Waals surface area contributed by atoms with E-state index < -0.39 is 10.0 Å². The molecule has 0 aliphatic carbocycles. The number of carbonyl (C=O) groups excluding carboxylic acids is 1. The first-order chi connectivity index (χ1) is 14.0. The van der Waals surface area contributed by atoms with Crippen molar-refractivity contribution in [2.45, 2.75) is 23.5 Å². The smallest absolute Gasteiger partial charge is 0.243 e. The van der Waals surface area contributed by atoms with E-state index in [4.69, 9.17) is 11.6 Å². The topological polar surface area (TPSA) is 66.5 Å². The van der Waals surface area contributed by atoms with Gasteiger partial charge in [0.1, 0.15) is 0 Å². The molecule has 3 rings (SSSR count). The Bertz CT molecular complexity index is 923. The largest absolute Gasteiger partial charge is 0.355 e. The van der Waals surface area contributed by atoms with E-state index in [1.54, 1.807) is 42.1 Å². The Morgan fingerprint density at radius 2 is 1.97 bits per heavy atom. The van der Waals surface area contributed by atoms with Crippen LogP contribution < -0.4 is 5.32 Å². The van der Waals surface area contributed by atoms with Gasteiger partial charge >= 0.3 is 0 Å². The van der Waals surface area contributed by atoms with Gasteiger partial charge in [0.15, 0.2) is 0 Å². The van der Waals surface area contributed by atoms with E-state index in [0.29, 0.717) is 25.9 Å². The second-order valence-electron chi connectivity index (χ2n) is 6.99. The summed E-state index contributed by atoms with van der Waals surface area (Å²) in [5, 5.41) is 3.68. The summed E-state index contributed by atoms with van der Waals surface area (Å²) in [6.45, 7) is 1.25. The van der Waals surface area contributed by atoms with Gasteiger partial charge in [0.2, 0.25) is 15.9 Å². The van der Waals surface area contributed by atoms with E-state index in [9.17, 15) is 13.2 Å². The maximum absolute atomic E-state index is 12.8. The Labute approximate surface area is 181 Å². The fraction of sp³-hybridized carbons (Fsp3) is 0.381. The molecular formula is C21H25ClN2O3S2. The number of hydrogen-bond acceptors (Lipinski definition) is 4. The number of rotatable bonds is 8. The molecule has 0 bridgehead atoms. The fourth-order valence-electron chi connectivity index (χ4n) is 3.32. The van der Waals surface area contributed by atoms with Crippen molar-refractivity contribution in [3.63, 3.8) is 0 Å². The molecular weight excluding hydrogens is 428 g/mol. The molecule has 0 saturated carbocycles. The van der Waals surface area contributed by atoms with Gasteiger partial charge in [0.25, 0.3) is 0 Å². The van der Waals surface area contributed by atoms with Crippen LogP contribution in [0.15, 0.2) is 59.5 Å². The molecule has 1 saturated heterocycles. The monoisotopic (exact) mass is 452 g/mol. The van der Waals surface area contributed by atoms with Crippen molar-refractivity contribution < 1.29 is 13.2 Å². The summed E-state index contributed by atoms with van der Waals surface area (Å²) in [6, 6.07) is 16.1. The number of amides is 1. The van der Waals surface area contributed by atoms with Crippen LogP contribution in [0, 0.1) is 5.92 Å². The molecule has 0 unspecified atom stereocenters.